The van der Waals surface area contributed by atoms with Gasteiger partial charge >= 0.3 is 5.97 Å². The number of methoxy groups -OCH3 is 1. The lowest BCUT2D eigenvalue weighted by molar-refractivity contribution is -0.147. The predicted octanol–water partition coefficient (Wildman–Crippen LogP) is 2.65. The molecule has 0 aliphatic heterocycles. The van der Waals surface area contributed by atoms with Crippen LogP contribution in [0.4, 0.5) is 0 Å². The van der Waals surface area contributed by atoms with Gasteiger partial charge in [0.05, 0.1) is 13.0 Å². The number of nitrogens with zero attached hydrogens (tertiary/aromatic N) is 1. The average molecular weight is 319 g/mol. The number of hydrogen-bond acceptors (Lipinski definition) is 4. The molecular formula is C18H25NO4. The first-order valence-corrected chi connectivity index (χ1v) is 8.17. The summed E-state index contributed by atoms with van der Waals surface area (Å²) in [7, 11) is 1.37. The molecule has 1 atom stereocenters. The Bertz CT molecular complexity index is 511. The Balaban J connectivity index is 1.97. The van der Waals surface area contributed by atoms with E-state index in [2.05, 4.69) is 0 Å². The molecule has 1 aromatic rings. The first-order chi connectivity index (χ1) is 11.1. The van der Waals surface area contributed by atoms with Crippen LogP contribution >= 0.6 is 0 Å². The first-order valence-electron chi connectivity index (χ1n) is 8.17. The van der Waals surface area contributed by atoms with Gasteiger partial charge in [0.25, 0.3) is 5.91 Å². The maximum Gasteiger partial charge on any atom is 0.310 e. The number of rotatable bonds is 7. The maximum atomic E-state index is 12.6. The summed E-state index contributed by atoms with van der Waals surface area (Å²) in [4.78, 5) is 26.1. The van der Waals surface area contributed by atoms with Crippen molar-refractivity contribution in [2.75, 3.05) is 20.3 Å². The molecule has 5 nitrogen and oxygen atoms in total. The molecule has 0 N–H and O–H groups in total. The quantitative estimate of drug-likeness (QED) is 0.725. The highest BCUT2D eigenvalue weighted by Crippen LogP contribution is 2.25. The number of carbonyl (C=O) groups excluding carboxylic acids is 2. The van der Waals surface area contributed by atoms with E-state index in [1.165, 1.54) is 7.11 Å². The van der Waals surface area contributed by atoms with Crippen LogP contribution in [0.5, 0.6) is 5.75 Å². The molecule has 1 aromatic carbocycles. The summed E-state index contributed by atoms with van der Waals surface area (Å²) in [5.41, 5.74) is 0. The SMILES string of the molecule is COC(=O)C(C)CN(C(=O)COc1ccccc1)C1CCCC1. The zero-order chi connectivity index (χ0) is 16.7. The lowest BCUT2D eigenvalue weighted by atomic mass is 10.1. The van der Waals surface area contributed by atoms with Crippen LogP contribution in [0.15, 0.2) is 30.3 Å². The van der Waals surface area contributed by atoms with E-state index in [9.17, 15) is 9.59 Å². The van der Waals surface area contributed by atoms with Crippen molar-refractivity contribution in [2.24, 2.45) is 5.92 Å². The monoisotopic (exact) mass is 319 g/mol. The van der Waals surface area contributed by atoms with Gasteiger partial charge in [0, 0.05) is 12.6 Å². The molecule has 1 aliphatic carbocycles. The highest BCUT2D eigenvalue weighted by atomic mass is 16.5. The lowest BCUT2D eigenvalue weighted by Crippen LogP contribution is -2.45. The number of para-hydroxylation sites is 1. The van der Waals surface area contributed by atoms with E-state index in [1.807, 2.05) is 30.3 Å². The van der Waals surface area contributed by atoms with Crippen molar-refractivity contribution in [3.63, 3.8) is 0 Å². The third kappa shape index (κ3) is 4.98. The molecule has 2 rings (SSSR count). The number of hydrogen-bond donors (Lipinski definition) is 0. The second-order valence-corrected chi connectivity index (χ2v) is 6.01. The van der Waals surface area contributed by atoms with Crippen LogP contribution in [0, 0.1) is 5.92 Å². The minimum Gasteiger partial charge on any atom is -0.484 e. The Labute approximate surface area is 137 Å². The predicted molar refractivity (Wildman–Crippen MR) is 87.1 cm³/mol. The zero-order valence-corrected chi connectivity index (χ0v) is 13.9. The van der Waals surface area contributed by atoms with Crippen LogP contribution in [0.3, 0.4) is 0 Å². The van der Waals surface area contributed by atoms with E-state index < -0.39 is 0 Å². The molecule has 5 heteroatoms. The molecule has 1 aliphatic rings. The van der Waals surface area contributed by atoms with Gasteiger partial charge in [-0.2, -0.15) is 0 Å². The van der Waals surface area contributed by atoms with Crippen molar-refractivity contribution in [3.8, 4) is 5.75 Å². The molecular weight excluding hydrogens is 294 g/mol. The fraction of sp³-hybridized carbons (Fsp3) is 0.556. The standard InChI is InChI=1S/C18H25NO4/c1-14(18(21)22-2)12-19(15-8-6-7-9-15)17(20)13-23-16-10-4-3-5-11-16/h3-5,10-11,14-15H,6-9,12-13H2,1-2H3. The Morgan fingerprint density at radius 3 is 2.48 bits per heavy atom. The fourth-order valence-corrected chi connectivity index (χ4v) is 2.99. The highest BCUT2D eigenvalue weighted by molar-refractivity contribution is 5.79. The number of esters is 1. The van der Waals surface area contributed by atoms with Gasteiger partial charge in [0.2, 0.25) is 0 Å². The molecule has 0 heterocycles. The number of ether oxygens (including phenoxy) is 2. The summed E-state index contributed by atoms with van der Waals surface area (Å²) in [6.07, 6.45) is 4.23. The molecule has 1 saturated carbocycles. The lowest BCUT2D eigenvalue weighted by Gasteiger charge is -2.30. The Hall–Kier alpha value is -2.04. The maximum absolute atomic E-state index is 12.6. The molecule has 0 saturated heterocycles. The summed E-state index contributed by atoms with van der Waals surface area (Å²) in [6.45, 7) is 2.17. The summed E-state index contributed by atoms with van der Waals surface area (Å²) in [5, 5.41) is 0. The van der Waals surface area contributed by atoms with Gasteiger partial charge in [-0.25, -0.2) is 0 Å². The Kier molecular flexibility index (Phi) is 6.44. The van der Waals surface area contributed by atoms with Crippen LogP contribution in [-0.4, -0.2) is 43.1 Å². The van der Waals surface area contributed by atoms with E-state index in [0.717, 1.165) is 25.7 Å². The van der Waals surface area contributed by atoms with Gasteiger partial charge in [-0.3, -0.25) is 9.59 Å². The second kappa shape index (κ2) is 8.56. The molecule has 0 aromatic heterocycles. The van der Waals surface area contributed by atoms with E-state index >= 15 is 0 Å². The topological polar surface area (TPSA) is 55.8 Å². The average Bonchev–Trinajstić information content (AvgIpc) is 3.11. The molecule has 23 heavy (non-hydrogen) atoms. The first kappa shape index (κ1) is 17.3. The van der Waals surface area contributed by atoms with Crippen molar-refractivity contribution in [3.05, 3.63) is 30.3 Å². The summed E-state index contributed by atoms with van der Waals surface area (Å²) < 4.78 is 10.3. The van der Waals surface area contributed by atoms with Gasteiger partial charge in [-0.1, -0.05) is 38.0 Å². The summed E-state index contributed by atoms with van der Waals surface area (Å²) in [6, 6.07) is 9.49. The third-order valence-electron chi connectivity index (χ3n) is 4.27. The zero-order valence-electron chi connectivity index (χ0n) is 13.9. The second-order valence-electron chi connectivity index (χ2n) is 6.01. The van der Waals surface area contributed by atoms with Crippen LogP contribution in [0.2, 0.25) is 0 Å². The van der Waals surface area contributed by atoms with Crippen molar-refractivity contribution >= 4 is 11.9 Å². The van der Waals surface area contributed by atoms with Crippen molar-refractivity contribution < 1.29 is 19.1 Å². The van der Waals surface area contributed by atoms with E-state index in [-0.39, 0.29) is 30.4 Å². The highest BCUT2D eigenvalue weighted by Gasteiger charge is 2.30. The number of benzene rings is 1. The Morgan fingerprint density at radius 2 is 1.87 bits per heavy atom. The molecule has 0 spiro atoms. The molecule has 1 unspecified atom stereocenters. The van der Waals surface area contributed by atoms with E-state index in [0.29, 0.717) is 12.3 Å². The fourth-order valence-electron chi connectivity index (χ4n) is 2.99. The van der Waals surface area contributed by atoms with Crippen LogP contribution in [-0.2, 0) is 14.3 Å². The molecule has 1 amide bonds. The minimum atomic E-state index is -0.332. The number of amides is 1. The molecule has 1 fully saturated rings. The number of carbonyl (C=O) groups is 2. The van der Waals surface area contributed by atoms with Gasteiger partial charge in [0.15, 0.2) is 6.61 Å². The van der Waals surface area contributed by atoms with Crippen LogP contribution < -0.4 is 4.74 Å². The molecule has 0 radical (unpaired) electrons. The van der Waals surface area contributed by atoms with E-state index in [1.54, 1.807) is 11.8 Å². The van der Waals surface area contributed by atoms with Crippen LogP contribution in [0.25, 0.3) is 0 Å². The summed E-state index contributed by atoms with van der Waals surface area (Å²) >= 11 is 0. The largest absolute Gasteiger partial charge is 0.484 e. The van der Waals surface area contributed by atoms with Crippen molar-refractivity contribution in [1.82, 2.24) is 4.90 Å². The molecule has 0 bridgehead atoms. The Morgan fingerprint density at radius 1 is 1.22 bits per heavy atom. The van der Waals surface area contributed by atoms with Crippen molar-refractivity contribution in [2.45, 2.75) is 38.6 Å². The van der Waals surface area contributed by atoms with Crippen LogP contribution in [0.1, 0.15) is 32.6 Å². The normalized spacial score (nSPS) is 15.9. The van der Waals surface area contributed by atoms with Gasteiger partial charge in [0.1, 0.15) is 5.75 Å². The van der Waals surface area contributed by atoms with Crippen molar-refractivity contribution in [1.29, 1.82) is 0 Å². The third-order valence-corrected chi connectivity index (χ3v) is 4.27. The summed E-state index contributed by atoms with van der Waals surface area (Å²) in [5.74, 6) is -0.0178. The smallest absolute Gasteiger partial charge is 0.310 e. The minimum absolute atomic E-state index is 0.00555. The van der Waals surface area contributed by atoms with E-state index in [4.69, 9.17) is 9.47 Å². The van der Waals surface area contributed by atoms with Gasteiger partial charge < -0.3 is 14.4 Å². The van der Waals surface area contributed by atoms with Gasteiger partial charge in [-0.15, -0.1) is 0 Å². The molecule has 126 valence electrons. The van der Waals surface area contributed by atoms with Gasteiger partial charge in [-0.05, 0) is 25.0 Å².